The van der Waals surface area contributed by atoms with Gasteiger partial charge < -0.3 is 15.1 Å². The lowest BCUT2D eigenvalue weighted by Gasteiger charge is -2.14. The molecule has 6 nitrogen and oxygen atoms in total. The van der Waals surface area contributed by atoms with Crippen LogP contribution in [0, 0.1) is 12.3 Å². The van der Waals surface area contributed by atoms with Crippen LogP contribution in [0.1, 0.15) is 16.0 Å². The van der Waals surface area contributed by atoms with Gasteiger partial charge in [-0.2, -0.15) is 0 Å². The standard InChI is InChI=1S/C22H21N5OS/c1-4-15-7-5-8-16(11-15)25-21-20-17-12-27(19(28)9-6-10-26(2)3)13-18(17)29-22(20)24-14-23-21/h1,5-9,11,14H,10,12-13H2,2-3H3,(H,23,24,25)/b9-6+. The summed E-state index contributed by atoms with van der Waals surface area (Å²) < 4.78 is 0. The maximum absolute atomic E-state index is 12.5. The lowest BCUT2D eigenvalue weighted by Crippen LogP contribution is -2.23. The minimum Gasteiger partial charge on any atom is -0.340 e. The van der Waals surface area contributed by atoms with Crippen LogP contribution in [0.4, 0.5) is 11.5 Å². The number of terminal acetylenes is 1. The molecule has 1 aliphatic rings. The lowest BCUT2D eigenvalue weighted by atomic mass is 10.2. The number of aromatic nitrogens is 2. The van der Waals surface area contributed by atoms with Crippen molar-refractivity contribution in [1.82, 2.24) is 19.8 Å². The largest absolute Gasteiger partial charge is 0.340 e. The third-order valence-electron chi connectivity index (χ3n) is 4.69. The van der Waals surface area contributed by atoms with E-state index in [0.29, 0.717) is 13.1 Å². The molecule has 1 amide bonds. The number of rotatable bonds is 5. The summed E-state index contributed by atoms with van der Waals surface area (Å²) >= 11 is 1.62. The number of benzene rings is 1. The minimum absolute atomic E-state index is 0.0245. The Hall–Kier alpha value is -3.21. The Balaban J connectivity index is 1.60. The molecule has 7 heteroatoms. The third-order valence-corrected chi connectivity index (χ3v) is 5.81. The molecule has 1 aromatic carbocycles. The number of amides is 1. The van der Waals surface area contributed by atoms with E-state index in [-0.39, 0.29) is 5.91 Å². The fourth-order valence-electron chi connectivity index (χ4n) is 3.30. The molecule has 3 heterocycles. The highest BCUT2D eigenvalue weighted by Crippen LogP contribution is 2.40. The monoisotopic (exact) mass is 403 g/mol. The van der Waals surface area contributed by atoms with Gasteiger partial charge in [-0.15, -0.1) is 17.8 Å². The first-order valence-electron chi connectivity index (χ1n) is 9.24. The fourth-order valence-corrected chi connectivity index (χ4v) is 4.46. The summed E-state index contributed by atoms with van der Waals surface area (Å²) in [6.07, 6.45) is 10.6. The van der Waals surface area contributed by atoms with Gasteiger partial charge in [0.1, 0.15) is 17.0 Å². The maximum atomic E-state index is 12.5. The van der Waals surface area contributed by atoms with Gasteiger partial charge >= 0.3 is 0 Å². The molecule has 0 spiro atoms. The van der Waals surface area contributed by atoms with E-state index in [0.717, 1.165) is 44.3 Å². The van der Waals surface area contributed by atoms with E-state index in [1.807, 2.05) is 54.2 Å². The average molecular weight is 404 g/mol. The topological polar surface area (TPSA) is 61.4 Å². The van der Waals surface area contributed by atoms with Crippen LogP contribution in [-0.2, 0) is 17.9 Å². The summed E-state index contributed by atoms with van der Waals surface area (Å²) in [7, 11) is 3.95. The Morgan fingerprint density at radius 3 is 3.03 bits per heavy atom. The fraction of sp³-hybridized carbons (Fsp3) is 0.227. The van der Waals surface area contributed by atoms with Crippen LogP contribution < -0.4 is 5.32 Å². The normalized spacial score (nSPS) is 13.2. The van der Waals surface area contributed by atoms with Gasteiger partial charge in [-0.05, 0) is 32.3 Å². The van der Waals surface area contributed by atoms with E-state index in [2.05, 4.69) is 21.2 Å². The number of thiophene rings is 1. The number of carbonyl (C=O) groups is 1. The zero-order valence-electron chi connectivity index (χ0n) is 16.3. The van der Waals surface area contributed by atoms with Gasteiger partial charge in [0.2, 0.25) is 5.91 Å². The highest BCUT2D eigenvalue weighted by Gasteiger charge is 2.28. The Bertz CT molecular complexity index is 1140. The van der Waals surface area contributed by atoms with Crippen LogP contribution in [0.5, 0.6) is 0 Å². The Labute approximate surface area is 173 Å². The molecule has 1 N–H and O–H groups in total. The molecule has 0 radical (unpaired) electrons. The van der Waals surface area contributed by atoms with Crippen LogP contribution in [0.15, 0.2) is 42.7 Å². The van der Waals surface area contributed by atoms with Gasteiger partial charge in [-0.3, -0.25) is 4.79 Å². The van der Waals surface area contributed by atoms with Crippen molar-refractivity contribution < 1.29 is 4.79 Å². The van der Waals surface area contributed by atoms with Gasteiger partial charge in [0.25, 0.3) is 0 Å². The molecule has 2 aromatic heterocycles. The first-order chi connectivity index (χ1) is 14.0. The quantitative estimate of drug-likeness (QED) is 0.523. The van der Waals surface area contributed by atoms with Crippen molar-refractivity contribution in [1.29, 1.82) is 0 Å². The molecule has 0 bridgehead atoms. The molecule has 4 rings (SSSR count). The van der Waals surface area contributed by atoms with E-state index < -0.39 is 0 Å². The number of nitrogens with zero attached hydrogens (tertiary/aromatic N) is 4. The first-order valence-corrected chi connectivity index (χ1v) is 10.1. The average Bonchev–Trinajstić information content (AvgIpc) is 3.26. The summed E-state index contributed by atoms with van der Waals surface area (Å²) in [6, 6.07) is 7.66. The minimum atomic E-state index is 0.0245. The lowest BCUT2D eigenvalue weighted by molar-refractivity contribution is -0.126. The van der Waals surface area contributed by atoms with E-state index in [1.54, 1.807) is 23.7 Å². The molecule has 146 valence electrons. The molecule has 0 saturated heterocycles. The number of likely N-dealkylation sites (N-methyl/N-ethyl adjacent to an activating group) is 1. The molecule has 0 fully saturated rings. The van der Waals surface area contributed by atoms with Crippen molar-refractivity contribution in [3.63, 3.8) is 0 Å². The van der Waals surface area contributed by atoms with Gasteiger partial charge in [0.15, 0.2) is 0 Å². The summed E-state index contributed by atoms with van der Waals surface area (Å²) in [5.41, 5.74) is 2.80. The summed E-state index contributed by atoms with van der Waals surface area (Å²) in [5.74, 6) is 3.40. The van der Waals surface area contributed by atoms with Crippen molar-refractivity contribution in [2.24, 2.45) is 0 Å². The predicted octanol–water partition coefficient (Wildman–Crippen LogP) is 3.38. The zero-order chi connectivity index (χ0) is 20.4. The second kappa shape index (κ2) is 8.03. The van der Waals surface area contributed by atoms with Gasteiger partial charge in [0.05, 0.1) is 11.9 Å². The van der Waals surface area contributed by atoms with Crippen molar-refractivity contribution in [2.75, 3.05) is 26.0 Å². The molecule has 1 aliphatic heterocycles. The maximum Gasteiger partial charge on any atom is 0.246 e. The Kier molecular flexibility index (Phi) is 5.30. The molecular weight excluding hydrogens is 382 g/mol. The molecule has 0 saturated carbocycles. The summed E-state index contributed by atoms with van der Waals surface area (Å²) in [6.45, 7) is 1.91. The number of hydrogen-bond acceptors (Lipinski definition) is 6. The van der Waals surface area contributed by atoms with Crippen molar-refractivity contribution in [2.45, 2.75) is 13.1 Å². The summed E-state index contributed by atoms with van der Waals surface area (Å²) in [4.78, 5) is 27.4. The first kappa shape index (κ1) is 19.1. The summed E-state index contributed by atoms with van der Waals surface area (Å²) in [5, 5.41) is 4.34. The van der Waals surface area contributed by atoms with Crippen LogP contribution >= 0.6 is 11.3 Å². The van der Waals surface area contributed by atoms with Crippen molar-refractivity contribution in [3.05, 3.63) is 58.7 Å². The number of anilines is 2. The molecule has 29 heavy (non-hydrogen) atoms. The SMILES string of the molecule is C#Cc1cccc(Nc2ncnc3sc4c(c23)CN(C(=O)/C=C/CN(C)C)C4)c1. The molecule has 3 aromatic rings. The Morgan fingerprint density at radius 1 is 1.38 bits per heavy atom. The second-order valence-corrected chi connectivity index (χ2v) is 8.20. The molecule has 0 unspecified atom stereocenters. The van der Waals surface area contributed by atoms with Crippen LogP contribution in [-0.4, -0.2) is 46.3 Å². The number of fused-ring (bicyclic) bond motifs is 3. The zero-order valence-corrected chi connectivity index (χ0v) is 17.2. The van der Waals surface area contributed by atoms with Crippen LogP contribution in [0.2, 0.25) is 0 Å². The highest BCUT2D eigenvalue weighted by molar-refractivity contribution is 7.19. The van der Waals surface area contributed by atoms with E-state index in [1.165, 1.54) is 0 Å². The van der Waals surface area contributed by atoms with Crippen LogP contribution in [0.25, 0.3) is 10.2 Å². The van der Waals surface area contributed by atoms with E-state index in [4.69, 9.17) is 6.42 Å². The van der Waals surface area contributed by atoms with Gasteiger partial charge in [-0.25, -0.2) is 9.97 Å². The smallest absolute Gasteiger partial charge is 0.246 e. The third kappa shape index (κ3) is 3.99. The second-order valence-electron chi connectivity index (χ2n) is 7.12. The number of carbonyl (C=O) groups excluding carboxylic acids is 1. The van der Waals surface area contributed by atoms with E-state index >= 15 is 0 Å². The van der Waals surface area contributed by atoms with E-state index in [9.17, 15) is 4.79 Å². The molecular formula is C22H21N5OS. The highest BCUT2D eigenvalue weighted by atomic mass is 32.1. The van der Waals surface area contributed by atoms with Crippen LogP contribution in [0.3, 0.4) is 0 Å². The van der Waals surface area contributed by atoms with Crippen molar-refractivity contribution in [3.8, 4) is 12.3 Å². The predicted molar refractivity (Wildman–Crippen MR) is 117 cm³/mol. The molecule has 0 atom stereocenters. The number of nitrogens with one attached hydrogen (secondary N) is 1. The van der Waals surface area contributed by atoms with Gasteiger partial charge in [-0.1, -0.05) is 18.1 Å². The number of hydrogen-bond donors (Lipinski definition) is 1. The van der Waals surface area contributed by atoms with Gasteiger partial charge in [0, 0.05) is 40.9 Å². The van der Waals surface area contributed by atoms with Crippen molar-refractivity contribution >= 4 is 39.0 Å². The molecule has 0 aliphatic carbocycles. The Morgan fingerprint density at radius 2 is 2.24 bits per heavy atom.